The van der Waals surface area contributed by atoms with Gasteiger partial charge in [0.05, 0.1) is 10.6 Å². The Labute approximate surface area is 160 Å². The first kappa shape index (κ1) is 17.1. The zero-order chi connectivity index (χ0) is 19.1. The van der Waals surface area contributed by atoms with Crippen LogP contribution in [0.25, 0.3) is 11.4 Å². The van der Waals surface area contributed by atoms with E-state index in [4.69, 9.17) is 17.3 Å². The molecule has 8 heteroatoms. The summed E-state index contributed by atoms with van der Waals surface area (Å²) in [6.07, 6.45) is 0. The van der Waals surface area contributed by atoms with Crippen molar-refractivity contribution in [1.29, 1.82) is 0 Å². The van der Waals surface area contributed by atoms with Gasteiger partial charge in [-0.15, -0.1) is 5.10 Å². The van der Waals surface area contributed by atoms with E-state index in [2.05, 4.69) is 15.4 Å². The van der Waals surface area contributed by atoms with E-state index in [1.165, 1.54) is 0 Å². The minimum atomic E-state index is -0.567. The van der Waals surface area contributed by atoms with Crippen LogP contribution < -0.4 is 11.1 Å². The monoisotopic (exact) mass is 381 g/mol. The highest BCUT2D eigenvalue weighted by Crippen LogP contribution is 2.37. The number of amides is 1. The normalized spacial score (nSPS) is 16.0. The van der Waals surface area contributed by atoms with Gasteiger partial charge in [0.15, 0.2) is 5.82 Å². The second-order valence-electron chi connectivity index (χ2n) is 6.21. The van der Waals surface area contributed by atoms with Crippen LogP contribution in [-0.4, -0.2) is 25.8 Å². The standard InChI is InChI=1S/C19H16ClN5O2/c1-10-15(17(21)27)16(11-6-8-12(26)9-7-11)25-19(22-10)23-18(24-25)13-4-2-3-5-14(13)20/h2-9,16,26H,1H3,(H2,21,27)(H,22,23,24)/t16-/m1/s1. The van der Waals surface area contributed by atoms with Gasteiger partial charge in [0.25, 0.3) is 0 Å². The van der Waals surface area contributed by atoms with Gasteiger partial charge in [0, 0.05) is 11.3 Å². The number of nitrogens with two attached hydrogens (primary N) is 1. The van der Waals surface area contributed by atoms with E-state index in [0.29, 0.717) is 33.6 Å². The van der Waals surface area contributed by atoms with Crippen molar-refractivity contribution in [3.05, 3.63) is 70.4 Å². The third kappa shape index (κ3) is 2.92. The molecule has 0 spiro atoms. The Morgan fingerprint density at radius 2 is 1.93 bits per heavy atom. The Morgan fingerprint density at radius 3 is 2.59 bits per heavy atom. The number of phenols is 1. The van der Waals surface area contributed by atoms with Crippen LogP contribution in [-0.2, 0) is 4.79 Å². The highest BCUT2D eigenvalue weighted by molar-refractivity contribution is 6.33. The molecule has 1 aromatic heterocycles. The first-order chi connectivity index (χ1) is 13.0. The van der Waals surface area contributed by atoms with Gasteiger partial charge in [-0.05, 0) is 36.8 Å². The predicted octanol–water partition coefficient (Wildman–Crippen LogP) is 3.08. The number of allylic oxidation sites excluding steroid dienone is 1. The topological polar surface area (TPSA) is 106 Å². The van der Waals surface area contributed by atoms with Gasteiger partial charge >= 0.3 is 0 Å². The molecule has 1 atom stereocenters. The summed E-state index contributed by atoms with van der Waals surface area (Å²) in [5.74, 6) is 0.485. The molecule has 0 unspecified atom stereocenters. The molecule has 7 nitrogen and oxygen atoms in total. The molecule has 1 aliphatic heterocycles. The van der Waals surface area contributed by atoms with E-state index in [1.54, 1.807) is 41.9 Å². The molecular weight excluding hydrogens is 366 g/mol. The van der Waals surface area contributed by atoms with Crippen LogP contribution in [0.5, 0.6) is 5.75 Å². The summed E-state index contributed by atoms with van der Waals surface area (Å²) in [6.45, 7) is 1.76. The van der Waals surface area contributed by atoms with Gasteiger partial charge in [-0.1, -0.05) is 35.9 Å². The molecule has 0 bridgehead atoms. The minimum absolute atomic E-state index is 0.129. The molecule has 2 aromatic carbocycles. The lowest BCUT2D eigenvalue weighted by molar-refractivity contribution is -0.115. The number of halogens is 1. The number of carbonyl (C=O) groups is 1. The summed E-state index contributed by atoms with van der Waals surface area (Å²) >= 11 is 6.28. The molecular formula is C19H16ClN5O2. The average molecular weight is 382 g/mol. The average Bonchev–Trinajstić information content (AvgIpc) is 3.04. The van der Waals surface area contributed by atoms with Crippen LogP contribution in [0.4, 0.5) is 5.95 Å². The van der Waals surface area contributed by atoms with Crippen molar-refractivity contribution in [2.24, 2.45) is 5.73 Å². The van der Waals surface area contributed by atoms with Gasteiger partial charge in [-0.25, -0.2) is 4.68 Å². The maximum Gasteiger partial charge on any atom is 0.248 e. The van der Waals surface area contributed by atoms with Crippen molar-refractivity contribution in [3.63, 3.8) is 0 Å². The Hall–Kier alpha value is -3.32. The number of phenolic OH excluding ortho intramolecular Hbond substituents is 1. The minimum Gasteiger partial charge on any atom is -0.508 e. The van der Waals surface area contributed by atoms with Crippen molar-refractivity contribution in [1.82, 2.24) is 14.8 Å². The molecule has 4 N–H and O–H groups in total. The van der Waals surface area contributed by atoms with Gasteiger partial charge in [-0.2, -0.15) is 4.98 Å². The summed E-state index contributed by atoms with van der Waals surface area (Å²) in [6, 6.07) is 13.3. The molecule has 0 saturated heterocycles. The van der Waals surface area contributed by atoms with Crippen LogP contribution in [0, 0.1) is 0 Å². The van der Waals surface area contributed by atoms with Crippen LogP contribution in [0.3, 0.4) is 0 Å². The summed E-state index contributed by atoms with van der Waals surface area (Å²) in [5.41, 5.74) is 8.06. The highest BCUT2D eigenvalue weighted by Gasteiger charge is 2.33. The number of fused-ring (bicyclic) bond motifs is 1. The number of nitrogens with zero attached hydrogens (tertiary/aromatic N) is 3. The molecule has 3 aromatic rings. The van der Waals surface area contributed by atoms with Crippen LogP contribution in [0.2, 0.25) is 5.02 Å². The third-order valence-corrected chi connectivity index (χ3v) is 4.77. The van der Waals surface area contributed by atoms with Crippen molar-refractivity contribution >= 4 is 23.5 Å². The molecule has 0 aliphatic carbocycles. The number of rotatable bonds is 3. The van der Waals surface area contributed by atoms with Crippen molar-refractivity contribution in [3.8, 4) is 17.1 Å². The summed E-state index contributed by atoms with van der Waals surface area (Å²) in [7, 11) is 0. The maximum absolute atomic E-state index is 12.1. The van der Waals surface area contributed by atoms with E-state index in [9.17, 15) is 9.90 Å². The quantitative estimate of drug-likeness (QED) is 0.646. The smallest absolute Gasteiger partial charge is 0.248 e. The molecule has 2 heterocycles. The second kappa shape index (κ2) is 6.44. The fourth-order valence-electron chi connectivity index (χ4n) is 3.19. The number of carbonyl (C=O) groups excluding carboxylic acids is 1. The number of hydrogen-bond donors (Lipinski definition) is 3. The van der Waals surface area contributed by atoms with Crippen LogP contribution in [0.1, 0.15) is 18.5 Å². The van der Waals surface area contributed by atoms with Crippen LogP contribution >= 0.6 is 11.6 Å². The molecule has 1 amide bonds. The Balaban J connectivity index is 1.90. The summed E-state index contributed by atoms with van der Waals surface area (Å²) in [4.78, 5) is 16.7. The molecule has 0 radical (unpaired) electrons. The number of aromatic hydroxyl groups is 1. The number of aromatic nitrogens is 3. The van der Waals surface area contributed by atoms with Gasteiger partial charge in [0.1, 0.15) is 11.8 Å². The molecule has 27 heavy (non-hydrogen) atoms. The fraction of sp³-hybridized carbons (Fsp3) is 0.105. The Kier molecular flexibility index (Phi) is 4.08. The Morgan fingerprint density at radius 1 is 1.22 bits per heavy atom. The van der Waals surface area contributed by atoms with Crippen LogP contribution in [0.15, 0.2) is 59.8 Å². The number of hydrogen-bond acceptors (Lipinski definition) is 5. The second-order valence-corrected chi connectivity index (χ2v) is 6.61. The zero-order valence-corrected chi connectivity index (χ0v) is 15.1. The van der Waals surface area contributed by atoms with E-state index < -0.39 is 11.9 Å². The molecule has 4 rings (SSSR count). The first-order valence-corrected chi connectivity index (χ1v) is 8.61. The van der Waals surface area contributed by atoms with Crippen molar-refractivity contribution in [2.45, 2.75) is 13.0 Å². The van der Waals surface area contributed by atoms with E-state index in [0.717, 1.165) is 5.56 Å². The number of benzene rings is 2. The third-order valence-electron chi connectivity index (χ3n) is 4.44. The van der Waals surface area contributed by atoms with Gasteiger partial charge < -0.3 is 16.2 Å². The molecule has 136 valence electrons. The summed E-state index contributed by atoms with van der Waals surface area (Å²) in [5, 5.41) is 17.8. The highest BCUT2D eigenvalue weighted by atomic mass is 35.5. The number of anilines is 1. The van der Waals surface area contributed by atoms with Gasteiger partial charge in [0.2, 0.25) is 11.9 Å². The Bertz CT molecular complexity index is 1070. The van der Waals surface area contributed by atoms with Gasteiger partial charge in [-0.3, -0.25) is 4.79 Å². The lowest BCUT2D eigenvalue weighted by atomic mass is 9.95. The van der Waals surface area contributed by atoms with Crippen molar-refractivity contribution in [2.75, 3.05) is 5.32 Å². The molecule has 0 fully saturated rings. The lowest BCUT2D eigenvalue weighted by Gasteiger charge is -2.27. The number of primary amides is 1. The SMILES string of the molecule is CC1=C(C(N)=O)[C@@H](c2ccc(O)cc2)n2nc(-c3ccccc3Cl)nc2N1. The maximum atomic E-state index is 12.1. The predicted molar refractivity (Wildman–Crippen MR) is 102 cm³/mol. The zero-order valence-electron chi connectivity index (χ0n) is 14.3. The van der Waals surface area contributed by atoms with E-state index in [1.807, 2.05) is 18.2 Å². The lowest BCUT2D eigenvalue weighted by Crippen LogP contribution is -2.31. The number of nitrogens with one attached hydrogen (secondary N) is 1. The molecule has 1 aliphatic rings. The van der Waals surface area contributed by atoms with E-state index in [-0.39, 0.29) is 5.75 Å². The van der Waals surface area contributed by atoms with E-state index >= 15 is 0 Å². The largest absolute Gasteiger partial charge is 0.508 e. The molecule has 0 saturated carbocycles. The van der Waals surface area contributed by atoms with Crippen molar-refractivity contribution < 1.29 is 9.90 Å². The summed E-state index contributed by atoms with van der Waals surface area (Å²) < 4.78 is 1.61. The fourth-order valence-corrected chi connectivity index (χ4v) is 3.41. The first-order valence-electron chi connectivity index (χ1n) is 8.23.